The van der Waals surface area contributed by atoms with E-state index in [0.29, 0.717) is 17.1 Å². The van der Waals surface area contributed by atoms with Gasteiger partial charge in [-0.15, -0.1) is 0 Å². The van der Waals surface area contributed by atoms with Crippen LogP contribution in [0.4, 0.5) is 4.39 Å². The average molecular weight is 426 g/mol. The molecule has 3 aromatic rings. The fourth-order valence-corrected chi connectivity index (χ4v) is 3.92. The van der Waals surface area contributed by atoms with Gasteiger partial charge in [-0.1, -0.05) is 22.8 Å². The van der Waals surface area contributed by atoms with Gasteiger partial charge in [0.05, 0.1) is 19.4 Å². The first-order chi connectivity index (χ1) is 13.3. The minimum absolute atomic E-state index is 0.0524. The summed E-state index contributed by atoms with van der Waals surface area (Å²) in [4.78, 5) is 4.21. The molecule has 0 bridgehead atoms. The van der Waals surface area contributed by atoms with Gasteiger partial charge in [0.2, 0.25) is 21.7 Å². The first-order valence-electron chi connectivity index (χ1n) is 8.14. The molecule has 148 valence electrons. The second-order valence-electron chi connectivity index (χ2n) is 5.95. The molecule has 0 radical (unpaired) electrons. The largest absolute Gasteiger partial charge is 0.497 e. The Bertz CT molecular complexity index is 1050. The van der Waals surface area contributed by atoms with Gasteiger partial charge in [-0.3, -0.25) is 0 Å². The zero-order valence-corrected chi connectivity index (χ0v) is 16.7. The van der Waals surface area contributed by atoms with Gasteiger partial charge in [-0.2, -0.15) is 9.29 Å². The van der Waals surface area contributed by atoms with Gasteiger partial charge in [-0.25, -0.2) is 12.8 Å². The summed E-state index contributed by atoms with van der Waals surface area (Å²) in [5.74, 6) is -0.139. The highest BCUT2D eigenvalue weighted by Crippen LogP contribution is 2.24. The SMILES string of the molecule is COc1ccc(-c2noc(CN(C)S(=O)(=O)Cc3c(F)cccc3Cl)n2)cc1. The van der Waals surface area contributed by atoms with Crippen molar-refractivity contribution in [1.29, 1.82) is 0 Å². The van der Waals surface area contributed by atoms with E-state index in [1.807, 2.05) is 0 Å². The summed E-state index contributed by atoms with van der Waals surface area (Å²) in [5, 5.41) is 3.91. The predicted molar refractivity (Wildman–Crippen MR) is 102 cm³/mol. The molecule has 0 fully saturated rings. The minimum Gasteiger partial charge on any atom is -0.497 e. The topological polar surface area (TPSA) is 85.5 Å². The first-order valence-corrected chi connectivity index (χ1v) is 10.1. The number of ether oxygens (including phenoxy) is 1. The van der Waals surface area contributed by atoms with Crippen LogP contribution in [0.15, 0.2) is 47.0 Å². The molecule has 3 rings (SSSR count). The Morgan fingerprint density at radius 3 is 2.57 bits per heavy atom. The van der Waals surface area contributed by atoms with E-state index in [1.165, 1.54) is 19.2 Å². The van der Waals surface area contributed by atoms with Crippen LogP contribution in [0.25, 0.3) is 11.4 Å². The fraction of sp³-hybridized carbons (Fsp3) is 0.222. The first kappa shape index (κ1) is 20.2. The highest BCUT2D eigenvalue weighted by Gasteiger charge is 2.24. The minimum atomic E-state index is -3.86. The molecule has 10 heteroatoms. The van der Waals surface area contributed by atoms with E-state index < -0.39 is 21.6 Å². The second kappa shape index (κ2) is 8.26. The lowest BCUT2D eigenvalue weighted by atomic mass is 10.2. The Morgan fingerprint density at radius 2 is 1.93 bits per heavy atom. The lowest BCUT2D eigenvalue weighted by molar-refractivity contribution is 0.336. The number of aromatic nitrogens is 2. The summed E-state index contributed by atoms with van der Waals surface area (Å²) in [6.07, 6.45) is 0. The van der Waals surface area contributed by atoms with Crippen LogP contribution in [-0.2, 0) is 22.3 Å². The number of rotatable bonds is 7. The number of hydrogen-bond acceptors (Lipinski definition) is 6. The number of nitrogens with zero attached hydrogens (tertiary/aromatic N) is 3. The summed E-state index contributed by atoms with van der Waals surface area (Å²) in [5.41, 5.74) is 0.611. The number of sulfonamides is 1. The van der Waals surface area contributed by atoms with Crippen LogP contribution < -0.4 is 4.74 Å². The van der Waals surface area contributed by atoms with Gasteiger partial charge in [0.1, 0.15) is 11.6 Å². The third kappa shape index (κ3) is 4.49. The summed E-state index contributed by atoms with van der Waals surface area (Å²) in [6, 6.07) is 11.0. The molecular formula is C18H17ClFN3O4S. The van der Waals surface area contributed by atoms with E-state index >= 15 is 0 Å². The molecular weight excluding hydrogens is 409 g/mol. The fourth-order valence-electron chi connectivity index (χ4n) is 2.43. The molecule has 0 aliphatic heterocycles. The zero-order chi connectivity index (χ0) is 20.3. The molecule has 0 saturated heterocycles. The van der Waals surface area contributed by atoms with Gasteiger partial charge < -0.3 is 9.26 Å². The third-order valence-electron chi connectivity index (χ3n) is 4.04. The predicted octanol–water partition coefficient (Wildman–Crippen LogP) is 3.50. The van der Waals surface area contributed by atoms with Crippen molar-refractivity contribution in [2.75, 3.05) is 14.2 Å². The Hall–Kier alpha value is -2.49. The van der Waals surface area contributed by atoms with Crippen LogP contribution in [0.2, 0.25) is 5.02 Å². The molecule has 28 heavy (non-hydrogen) atoms. The number of hydrogen-bond donors (Lipinski definition) is 0. The van der Waals surface area contributed by atoms with Crippen LogP contribution >= 0.6 is 11.6 Å². The van der Waals surface area contributed by atoms with Crippen molar-refractivity contribution in [1.82, 2.24) is 14.4 Å². The van der Waals surface area contributed by atoms with Crippen LogP contribution in [0.3, 0.4) is 0 Å². The van der Waals surface area contributed by atoms with Crippen LogP contribution in [0.1, 0.15) is 11.5 Å². The summed E-state index contributed by atoms with van der Waals surface area (Å²) in [7, 11) is -0.946. The zero-order valence-electron chi connectivity index (χ0n) is 15.1. The third-order valence-corrected chi connectivity index (χ3v) is 6.12. The van der Waals surface area contributed by atoms with E-state index in [9.17, 15) is 12.8 Å². The molecule has 1 heterocycles. The van der Waals surface area contributed by atoms with Gasteiger partial charge >= 0.3 is 0 Å². The lowest BCUT2D eigenvalue weighted by Crippen LogP contribution is -2.28. The normalized spacial score (nSPS) is 11.8. The summed E-state index contributed by atoms with van der Waals surface area (Å²) >= 11 is 5.92. The van der Waals surface area contributed by atoms with Crippen LogP contribution in [0, 0.1) is 5.82 Å². The lowest BCUT2D eigenvalue weighted by Gasteiger charge is -2.16. The maximum absolute atomic E-state index is 13.9. The van der Waals surface area contributed by atoms with E-state index in [-0.39, 0.29) is 23.0 Å². The molecule has 0 amide bonds. The molecule has 0 atom stereocenters. The Labute approximate surface area is 166 Å². The van der Waals surface area contributed by atoms with Crippen molar-refractivity contribution in [2.24, 2.45) is 0 Å². The maximum atomic E-state index is 13.9. The Morgan fingerprint density at radius 1 is 1.21 bits per heavy atom. The second-order valence-corrected chi connectivity index (χ2v) is 8.44. The summed E-state index contributed by atoms with van der Waals surface area (Å²) < 4.78 is 50.3. The monoisotopic (exact) mass is 425 g/mol. The van der Waals surface area contributed by atoms with E-state index in [1.54, 1.807) is 31.4 Å². The van der Waals surface area contributed by atoms with E-state index in [0.717, 1.165) is 10.4 Å². The van der Waals surface area contributed by atoms with Crippen molar-refractivity contribution >= 4 is 21.6 Å². The van der Waals surface area contributed by atoms with Gasteiger partial charge in [-0.05, 0) is 36.4 Å². The van der Waals surface area contributed by atoms with Crippen molar-refractivity contribution in [2.45, 2.75) is 12.3 Å². The Balaban J connectivity index is 1.73. The highest BCUT2D eigenvalue weighted by molar-refractivity contribution is 7.88. The average Bonchev–Trinajstić information content (AvgIpc) is 3.13. The molecule has 7 nitrogen and oxygen atoms in total. The van der Waals surface area contributed by atoms with E-state index in [2.05, 4.69) is 10.1 Å². The maximum Gasteiger partial charge on any atom is 0.242 e. The highest BCUT2D eigenvalue weighted by atomic mass is 35.5. The van der Waals surface area contributed by atoms with Crippen molar-refractivity contribution in [3.8, 4) is 17.1 Å². The number of benzene rings is 2. The molecule has 0 saturated carbocycles. The molecule has 1 aromatic heterocycles. The molecule has 2 aromatic carbocycles. The van der Waals surface area contributed by atoms with Crippen LogP contribution in [0.5, 0.6) is 5.75 Å². The molecule has 0 N–H and O–H groups in total. The van der Waals surface area contributed by atoms with Gasteiger partial charge in [0.15, 0.2) is 0 Å². The number of halogens is 2. The van der Waals surface area contributed by atoms with Crippen molar-refractivity contribution in [3.05, 3.63) is 64.8 Å². The van der Waals surface area contributed by atoms with Gasteiger partial charge in [0.25, 0.3) is 0 Å². The smallest absolute Gasteiger partial charge is 0.242 e. The summed E-state index contributed by atoms with van der Waals surface area (Å²) in [6.45, 7) is -0.155. The molecule has 0 aliphatic carbocycles. The Kier molecular flexibility index (Phi) is 5.97. The standard InChI is InChI=1S/C18H17ClFN3O4S/c1-23(28(24,25)11-14-15(19)4-3-5-16(14)20)10-17-21-18(22-27-17)12-6-8-13(26-2)9-7-12/h3-9H,10-11H2,1-2H3. The molecule has 0 unspecified atom stereocenters. The van der Waals surface area contributed by atoms with Crippen LogP contribution in [-0.4, -0.2) is 37.0 Å². The van der Waals surface area contributed by atoms with Crippen molar-refractivity contribution < 1.29 is 22.1 Å². The quantitative estimate of drug-likeness (QED) is 0.576. The van der Waals surface area contributed by atoms with Gasteiger partial charge in [0, 0.05) is 23.2 Å². The molecule has 0 spiro atoms. The molecule has 0 aliphatic rings. The number of methoxy groups -OCH3 is 1. The van der Waals surface area contributed by atoms with E-state index in [4.69, 9.17) is 20.9 Å². The van der Waals surface area contributed by atoms with Crippen molar-refractivity contribution in [3.63, 3.8) is 0 Å².